The highest BCUT2D eigenvalue weighted by molar-refractivity contribution is 7.99. The van der Waals surface area contributed by atoms with Crippen LogP contribution < -0.4 is 5.43 Å². The highest BCUT2D eigenvalue weighted by Crippen LogP contribution is 2.14. The Morgan fingerprint density at radius 2 is 1.86 bits per heavy atom. The van der Waals surface area contributed by atoms with Gasteiger partial charge >= 0.3 is 5.97 Å². The van der Waals surface area contributed by atoms with Gasteiger partial charge < -0.3 is 9.67 Å². The quantitative estimate of drug-likeness (QED) is 0.269. The number of amides is 1. The number of nitrogens with one attached hydrogen (secondary N) is 1. The van der Waals surface area contributed by atoms with Gasteiger partial charge in [-0.3, -0.25) is 4.79 Å². The first-order valence-electron chi connectivity index (χ1n) is 8.70. The van der Waals surface area contributed by atoms with Crippen LogP contribution in [0.2, 0.25) is 0 Å². The number of carbonyl (C=O) groups is 2. The van der Waals surface area contributed by atoms with Crippen LogP contribution >= 0.6 is 11.8 Å². The lowest BCUT2D eigenvalue weighted by atomic mass is 10.2. The molecule has 0 aliphatic rings. The third-order valence-electron chi connectivity index (χ3n) is 3.85. The molecule has 0 unspecified atom stereocenters. The Morgan fingerprint density at radius 1 is 1.17 bits per heavy atom. The smallest absolute Gasteiger partial charge is 0.335 e. The predicted molar refractivity (Wildman–Crippen MR) is 111 cm³/mol. The highest BCUT2D eigenvalue weighted by Gasteiger charge is 2.07. The van der Waals surface area contributed by atoms with Crippen molar-refractivity contribution >= 4 is 29.9 Å². The maximum Gasteiger partial charge on any atom is 0.335 e. The third-order valence-corrected chi connectivity index (χ3v) is 4.70. The monoisotopic (exact) mass is 409 g/mol. The number of nitrogens with zero attached hydrogens (tertiary/aromatic N) is 4. The van der Waals surface area contributed by atoms with Gasteiger partial charge in [0.25, 0.3) is 5.91 Å². The molecule has 2 N–H and O–H groups in total. The van der Waals surface area contributed by atoms with Gasteiger partial charge in [0, 0.05) is 23.3 Å². The minimum atomic E-state index is -0.974. The summed E-state index contributed by atoms with van der Waals surface area (Å²) in [5.41, 5.74) is 5.94. The zero-order valence-electron chi connectivity index (χ0n) is 15.9. The van der Waals surface area contributed by atoms with E-state index in [2.05, 4.69) is 20.5 Å². The van der Waals surface area contributed by atoms with Crippen LogP contribution in [0.25, 0.3) is 5.69 Å². The van der Waals surface area contributed by atoms with Crippen LogP contribution in [0.15, 0.2) is 58.9 Å². The number of thioether (sulfide) groups is 1. The van der Waals surface area contributed by atoms with Crippen molar-refractivity contribution in [3.63, 3.8) is 0 Å². The Bertz CT molecular complexity index is 1040. The minimum Gasteiger partial charge on any atom is -0.478 e. The van der Waals surface area contributed by atoms with Crippen molar-refractivity contribution in [2.75, 3.05) is 5.75 Å². The topological polar surface area (TPSA) is 109 Å². The van der Waals surface area contributed by atoms with E-state index < -0.39 is 5.97 Å². The number of carboxylic acid groups (broad SMARTS) is 1. The van der Waals surface area contributed by atoms with Crippen molar-refractivity contribution in [1.82, 2.24) is 20.0 Å². The summed E-state index contributed by atoms with van der Waals surface area (Å²) in [6.07, 6.45) is 3.35. The molecule has 9 heteroatoms. The van der Waals surface area contributed by atoms with Crippen LogP contribution in [0.1, 0.15) is 27.4 Å². The molecule has 3 rings (SSSR count). The summed E-state index contributed by atoms with van der Waals surface area (Å²) >= 11 is 1.25. The van der Waals surface area contributed by atoms with E-state index in [9.17, 15) is 9.59 Å². The summed E-state index contributed by atoms with van der Waals surface area (Å²) in [5, 5.41) is 13.6. The molecule has 0 aliphatic carbocycles. The molecule has 0 saturated heterocycles. The molecule has 0 radical (unpaired) electrons. The van der Waals surface area contributed by atoms with Crippen LogP contribution in [-0.2, 0) is 4.79 Å². The largest absolute Gasteiger partial charge is 0.478 e. The number of aromatic nitrogens is 3. The maximum atomic E-state index is 12.0. The molecule has 0 spiro atoms. The fourth-order valence-corrected chi connectivity index (χ4v) is 3.33. The summed E-state index contributed by atoms with van der Waals surface area (Å²) in [6, 6.07) is 12.0. The predicted octanol–water partition coefficient (Wildman–Crippen LogP) is 2.82. The molecule has 3 aromatic rings. The van der Waals surface area contributed by atoms with Crippen molar-refractivity contribution in [3.8, 4) is 5.69 Å². The standard InChI is InChI=1S/C20H19N5O3S/c1-13-10-14(2)23-20(22-13)29-12-18(26)24-21-11-17-4-3-9-25(17)16-7-5-15(6-8-16)19(27)28/h3-11H,12H2,1-2H3,(H,24,26)(H,27,28)/b21-11-. The maximum absolute atomic E-state index is 12.0. The van der Waals surface area contributed by atoms with E-state index in [1.165, 1.54) is 30.1 Å². The van der Waals surface area contributed by atoms with E-state index in [0.717, 1.165) is 22.8 Å². The minimum absolute atomic E-state index is 0.151. The molecule has 1 amide bonds. The number of hydrogen-bond donors (Lipinski definition) is 2. The molecule has 0 saturated carbocycles. The first kappa shape index (κ1) is 20.3. The van der Waals surface area contributed by atoms with E-state index in [0.29, 0.717) is 5.16 Å². The molecule has 0 aliphatic heterocycles. The molecular formula is C20H19N5O3S. The molecule has 29 heavy (non-hydrogen) atoms. The van der Waals surface area contributed by atoms with E-state index >= 15 is 0 Å². The Hall–Kier alpha value is -3.46. The highest BCUT2D eigenvalue weighted by atomic mass is 32.2. The van der Waals surface area contributed by atoms with Gasteiger partial charge in [-0.1, -0.05) is 11.8 Å². The number of aromatic carboxylic acids is 1. The van der Waals surface area contributed by atoms with Crippen LogP contribution in [0.5, 0.6) is 0 Å². The van der Waals surface area contributed by atoms with Crippen LogP contribution in [-0.4, -0.2) is 43.5 Å². The second-order valence-electron chi connectivity index (χ2n) is 6.17. The SMILES string of the molecule is Cc1cc(C)nc(SCC(=O)N/N=C\c2cccn2-c2ccc(C(=O)O)cc2)n1. The Kier molecular flexibility index (Phi) is 6.40. The molecule has 1 aromatic carbocycles. The zero-order chi connectivity index (χ0) is 20.8. The number of benzene rings is 1. The number of carbonyl (C=O) groups excluding carboxylic acids is 1. The molecule has 2 heterocycles. The molecule has 2 aromatic heterocycles. The Morgan fingerprint density at radius 3 is 2.52 bits per heavy atom. The fourth-order valence-electron chi connectivity index (χ4n) is 2.59. The van der Waals surface area contributed by atoms with Gasteiger partial charge in [-0.05, 0) is 56.3 Å². The third kappa shape index (κ3) is 5.52. The van der Waals surface area contributed by atoms with Crippen LogP contribution in [0.4, 0.5) is 0 Å². The molecule has 148 valence electrons. The molecular weight excluding hydrogens is 390 g/mol. The number of carboxylic acids is 1. The van der Waals surface area contributed by atoms with Crippen LogP contribution in [0, 0.1) is 13.8 Å². The number of hydrazone groups is 1. The summed E-state index contributed by atoms with van der Waals surface area (Å²) in [5.74, 6) is -1.09. The summed E-state index contributed by atoms with van der Waals surface area (Å²) < 4.78 is 1.83. The lowest BCUT2D eigenvalue weighted by molar-refractivity contribution is -0.118. The average molecular weight is 409 g/mol. The first-order valence-corrected chi connectivity index (χ1v) is 9.69. The number of hydrogen-bond acceptors (Lipinski definition) is 6. The van der Waals surface area contributed by atoms with Gasteiger partial charge in [-0.25, -0.2) is 20.2 Å². The molecule has 8 nitrogen and oxygen atoms in total. The van der Waals surface area contributed by atoms with E-state index in [-0.39, 0.29) is 17.2 Å². The molecule has 0 fully saturated rings. The van der Waals surface area contributed by atoms with Gasteiger partial charge in [-0.15, -0.1) is 0 Å². The normalized spacial score (nSPS) is 11.0. The van der Waals surface area contributed by atoms with Gasteiger partial charge in [0.1, 0.15) is 0 Å². The van der Waals surface area contributed by atoms with Crippen molar-refractivity contribution in [2.24, 2.45) is 5.10 Å². The second kappa shape index (κ2) is 9.16. The molecule has 0 bridgehead atoms. The first-order chi connectivity index (χ1) is 13.9. The van der Waals surface area contributed by atoms with Crippen molar-refractivity contribution in [2.45, 2.75) is 19.0 Å². The Labute approximate surface area is 171 Å². The molecule has 0 atom stereocenters. The average Bonchev–Trinajstić information content (AvgIpc) is 3.14. The second-order valence-corrected chi connectivity index (χ2v) is 7.11. The van der Waals surface area contributed by atoms with Gasteiger partial charge in [0.05, 0.1) is 23.2 Å². The Balaban J connectivity index is 1.59. The van der Waals surface area contributed by atoms with E-state index in [1.807, 2.05) is 42.8 Å². The number of aryl methyl sites for hydroxylation is 2. The lowest BCUT2D eigenvalue weighted by Gasteiger charge is -2.06. The van der Waals surface area contributed by atoms with E-state index in [1.54, 1.807) is 12.1 Å². The summed E-state index contributed by atoms with van der Waals surface area (Å²) in [7, 11) is 0. The van der Waals surface area contributed by atoms with E-state index in [4.69, 9.17) is 5.11 Å². The van der Waals surface area contributed by atoms with Gasteiger partial charge in [-0.2, -0.15) is 5.10 Å². The summed E-state index contributed by atoms with van der Waals surface area (Å²) in [4.78, 5) is 31.5. The van der Waals surface area contributed by atoms with Gasteiger partial charge in [0.2, 0.25) is 0 Å². The van der Waals surface area contributed by atoms with Gasteiger partial charge in [0.15, 0.2) is 5.16 Å². The van der Waals surface area contributed by atoms with Crippen LogP contribution in [0.3, 0.4) is 0 Å². The van der Waals surface area contributed by atoms with Crippen molar-refractivity contribution in [1.29, 1.82) is 0 Å². The van der Waals surface area contributed by atoms with Crippen molar-refractivity contribution in [3.05, 3.63) is 71.3 Å². The summed E-state index contributed by atoms with van der Waals surface area (Å²) in [6.45, 7) is 3.76. The zero-order valence-corrected chi connectivity index (χ0v) is 16.7. The lowest BCUT2D eigenvalue weighted by Crippen LogP contribution is -2.20. The fraction of sp³-hybridized carbons (Fsp3) is 0.150. The van der Waals surface area contributed by atoms with Crippen molar-refractivity contribution < 1.29 is 14.7 Å². The number of rotatable bonds is 7.